The van der Waals surface area contributed by atoms with E-state index in [-0.39, 0.29) is 10.9 Å². The first-order chi connectivity index (χ1) is 10.4. The second-order valence-corrected chi connectivity index (χ2v) is 7.36. The minimum Gasteiger partial charge on any atom is -0.329 e. The van der Waals surface area contributed by atoms with E-state index in [4.69, 9.17) is 0 Å². The number of hydrogen-bond donors (Lipinski definition) is 1. The Hall–Kier alpha value is -2.21. The topological polar surface area (TPSA) is 75.7 Å². The number of fused-ring (bicyclic) bond motifs is 1. The first kappa shape index (κ1) is 14.7. The van der Waals surface area contributed by atoms with E-state index in [1.165, 1.54) is 0 Å². The van der Waals surface area contributed by atoms with Gasteiger partial charge in [0.15, 0.2) is 0 Å². The van der Waals surface area contributed by atoms with Crippen molar-refractivity contribution in [2.45, 2.75) is 31.7 Å². The molecule has 0 saturated carbocycles. The maximum atomic E-state index is 12.6. The molecule has 0 aliphatic rings. The third kappa shape index (κ3) is 2.50. The van der Waals surface area contributed by atoms with Gasteiger partial charge in [-0.25, -0.2) is 13.4 Å². The Bertz CT molecular complexity index is 926. The fourth-order valence-electron chi connectivity index (χ4n) is 2.35. The van der Waals surface area contributed by atoms with Crippen LogP contribution < -0.4 is 0 Å². The van der Waals surface area contributed by atoms with E-state index in [0.29, 0.717) is 16.7 Å². The standard InChI is InChI=1S/C16H17N3O2S/c1-10-8-17-15(12(3)11(10)2)9-22(20,21)16-18-13-6-4-5-7-14(13)19-16/h4-8H,9H2,1-3H3,(H,18,19). The Kier molecular flexibility index (Phi) is 3.48. The molecule has 0 saturated heterocycles. The molecule has 0 fully saturated rings. The van der Waals surface area contributed by atoms with Gasteiger partial charge >= 0.3 is 0 Å². The van der Waals surface area contributed by atoms with Crippen LogP contribution in [0.3, 0.4) is 0 Å². The number of H-pyrrole nitrogens is 1. The summed E-state index contributed by atoms with van der Waals surface area (Å²) >= 11 is 0. The number of imidazole rings is 1. The first-order valence-corrected chi connectivity index (χ1v) is 8.63. The Morgan fingerprint density at radius 2 is 1.82 bits per heavy atom. The largest absolute Gasteiger partial charge is 0.329 e. The van der Waals surface area contributed by atoms with Crippen molar-refractivity contribution in [3.63, 3.8) is 0 Å². The number of aromatic amines is 1. The molecule has 0 bridgehead atoms. The third-order valence-corrected chi connectivity index (χ3v) is 5.43. The average molecular weight is 315 g/mol. The maximum absolute atomic E-state index is 12.6. The summed E-state index contributed by atoms with van der Waals surface area (Å²) in [4.78, 5) is 11.3. The zero-order valence-corrected chi connectivity index (χ0v) is 13.5. The van der Waals surface area contributed by atoms with Crippen molar-refractivity contribution in [2.75, 3.05) is 0 Å². The summed E-state index contributed by atoms with van der Waals surface area (Å²) in [6.45, 7) is 5.84. The van der Waals surface area contributed by atoms with Crippen LogP contribution in [-0.2, 0) is 15.6 Å². The zero-order valence-electron chi connectivity index (χ0n) is 12.7. The van der Waals surface area contributed by atoms with Crippen LogP contribution in [-0.4, -0.2) is 23.4 Å². The van der Waals surface area contributed by atoms with Gasteiger partial charge in [0.2, 0.25) is 15.0 Å². The summed E-state index contributed by atoms with van der Waals surface area (Å²) in [5.41, 5.74) is 4.98. The number of para-hydroxylation sites is 2. The zero-order chi connectivity index (χ0) is 15.9. The molecule has 3 rings (SSSR count). The highest BCUT2D eigenvalue weighted by atomic mass is 32.2. The van der Waals surface area contributed by atoms with Gasteiger partial charge in [0.05, 0.1) is 16.7 Å². The number of benzene rings is 1. The molecule has 3 aromatic rings. The lowest BCUT2D eigenvalue weighted by Crippen LogP contribution is -2.10. The summed E-state index contributed by atoms with van der Waals surface area (Å²) in [7, 11) is -3.56. The maximum Gasteiger partial charge on any atom is 0.226 e. The molecular weight excluding hydrogens is 298 g/mol. The van der Waals surface area contributed by atoms with E-state index in [1.807, 2.05) is 32.9 Å². The molecule has 0 amide bonds. The first-order valence-electron chi connectivity index (χ1n) is 6.97. The molecule has 0 radical (unpaired) electrons. The molecule has 2 heterocycles. The van der Waals surface area contributed by atoms with Gasteiger partial charge in [-0.05, 0) is 49.6 Å². The molecular formula is C16H17N3O2S. The van der Waals surface area contributed by atoms with Crippen LogP contribution in [0, 0.1) is 20.8 Å². The van der Waals surface area contributed by atoms with Gasteiger partial charge in [-0.3, -0.25) is 4.98 Å². The van der Waals surface area contributed by atoms with Gasteiger partial charge in [0.1, 0.15) is 5.75 Å². The van der Waals surface area contributed by atoms with Gasteiger partial charge < -0.3 is 4.98 Å². The minimum atomic E-state index is -3.56. The predicted octanol–water partition coefficient (Wildman–Crippen LogP) is 2.86. The van der Waals surface area contributed by atoms with Gasteiger partial charge in [0, 0.05) is 6.20 Å². The number of aryl methyl sites for hydroxylation is 1. The van der Waals surface area contributed by atoms with Gasteiger partial charge in [-0.15, -0.1) is 0 Å². The molecule has 5 nitrogen and oxygen atoms in total. The minimum absolute atomic E-state index is 0.00636. The highest BCUT2D eigenvalue weighted by Gasteiger charge is 2.22. The van der Waals surface area contributed by atoms with Gasteiger partial charge in [-0.1, -0.05) is 12.1 Å². The van der Waals surface area contributed by atoms with E-state index in [2.05, 4.69) is 15.0 Å². The quantitative estimate of drug-likeness (QED) is 0.806. The van der Waals surface area contributed by atoms with E-state index < -0.39 is 9.84 Å². The SMILES string of the molecule is Cc1cnc(CS(=O)(=O)c2nc3ccccc3[nH]2)c(C)c1C. The fourth-order valence-corrected chi connectivity index (χ4v) is 3.64. The van der Waals surface area contributed by atoms with Crippen LogP contribution >= 0.6 is 0 Å². The van der Waals surface area contributed by atoms with Crippen LogP contribution in [0.1, 0.15) is 22.4 Å². The highest BCUT2D eigenvalue weighted by Crippen LogP contribution is 2.21. The van der Waals surface area contributed by atoms with Crippen molar-refractivity contribution in [3.8, 4) is 0 Å². The number of pyridine rings is 1. The molecule has 0 spiro atoms. The van der Waals surface area contributed by atoms with Crippen molar-refractivity contribution in [2.24, 2.45) is 0 Å². The summed E-state index contributed by atoms with van der Waals surface area (Å²) in [5, 5.41) is -0.00636. The highest BCUT2D eigenvalue weighted by molar-refractivity contribution is 7.90. The van der Waals surface area contributed by atoms with Crippen molar-refractivity contribution in [1.29, 1.82) is 0 Å². The summed E-state index contributed by atoms with van der Waals surface area (Å²) in [5.74, 6) is -0.153. The van der Waals surface area contributed by atoms with Crippen molar-refractivity contribution < 1.29 is 8.42 Å². The second-order valence-electron chi connectivity index (χ2n) is 5.46. The number of aromatic nitrogens is 3. The van der Waals surface area contributed by atoms with Crippen LogP contribution in [0.2, 0.25) is 0 Å². The van der Waals surface area contributed by atoms with E-state index >= 15 is 0 Å². The third-order valence-electron chi connectivity index (χ3n) is 3.99. The number of nitrogens with one attached hydrogen (secondary N) is 1. The normalized spacial score (nSPS) is 12.0. The number of sulfone groups is 1. The van der Waals surface area contributed by atoms with Crippen LogP contribution in [0.15, 0.2) is 35.6 Å². The van der Waals surface area contributed by atoms with E-state index in [0.717, 1.165) is 16.7 Å². The molecule has 2 aromatic heterocycles. The van der Waals surface area contributed by atoms with Crippen molar-refractivity contribution in [3.05, 3.63) is 52.8 Å². The molecule has 0 aliphatic heterocycles. The Morgan fingerprint density at radius 1 is 1.09 bits per heavy atom. The Balaban J connectivity index is 2.02. The molecule has 22 heavy (non-hydrogen) atoms. The van der Waals surface area contributed by atoms with Crippen molar-refractivity contribution >= 4 is 20.9 Å². The summed E-state index contributed by atoms with van der Waals surface area (Å²) < 4.78 is 25.2. The second kappa shape index (κ2) is 5.21. The lowest BCUT2D eigenvalue weighted by molar-refractivity contribution is 0.587. The lowest BCUT2D eigenvalue weighted by Gasteiger charge is -2.09. The smallest absolute Gasteiger partial charge is 0.226 e. The molecule has 114 valence electrons. The molecule has 1 N–H and O–H groups in total. The lowest BCUT2D eigenvalue weighted by atomic mass is 10.1. The summed E-state index contributed by atoms with van der Waals surface area (Å²) in [6, 6.07) is 7.26. The fraction of sp³-hybridized carbons (Fsp3) is 0.250. The van der Waals surface area contributed by atoms with Crippen LogP contribution in [0.25, 0.3) is 11.0 Å². The molecule has 6 heteroatoms. The molecule has 0 aliphatic carbocycles. The Labute approximate surface area is 129 Å². The van der Waals surface area contributed by atoms with Gasteiger partial charge in [-0.2, -0.15) is 0 Å². The average Bonchev–Trinajstić information content (AvgIpc) is 2.93. The molecule has 0 unspecified atom stereocenters. The van der Waals surface area contributed by atoms with Crippen LogP contribution in [0.5, 0.6) is 0 Å². The van der Waals surface area contributed by atoms with Crippen LogP contribution in [0.4, 0.5) is 0 Å². The van der Waals surface area contributed by atoms with Crippen molar-refractivity contribution in [1.82, 2.24) is 15.0 Å². The summed E-state index contributed by atoms with van der Waals surface area (Å²) in [6.07, 6.45) is 1.71. The number of nitrogens with zero attached hydrogens (tertiary/aromatic N) is 2. The Morgan fingerprint density at radius 3 is 2.55 bits per heavy atom. The molecule has 1 aromatic carbocycles. The van der Waals surface area contributed by atoms with E-state index in [1.54, 1.807) is 18.3 Å². The number of rotatable bonds is 3. The van der Waals surface area contributed by atoms with E-state index in [9.17, 15) is 8.42 Å². The number of hydrogen-bond acceptors (Lipinski definition) is 4. The van der Waals surface area contributed by atoms with Gasteiger partial charge in [0.25, 0.3) is 0 Å². The predicted molar refractivity (Wildman–Crippen MR) is 85.4 cm³/mol. The molecule has 0 atom stereocenters. The monoisotopic (exact) mass is 315 g/mol.